The molecule has 0 saturated heterocycles. The van der Waals surface area contributed by atoms with Gasteiger partial charge < -0.3 is 11.1 Å². The predicted molar refractivity (Wildman–Crippen MR) is 53.4 cm³/mol. The van der Waals surface area contributed by atoms with Gasteiger partial charge in [-0.05, 0) is 30.7 Å². The first kappa shape index (κ1) is 9.99. The highest BCUT2D eigenvalue weighted by atomic mass is 19.1. The molecule has 0 heterocycles. The number of benzene rings is 1. The number of rotatable bonds is 5. The lowest BCUT2D eigenvalue weighted by Gasteiger charge is -2.05. The number of hydrogen-bond acceptors (Lipinski definition) is 2. The number of nitrogens with two attached hydrogens (primary N) is 1. The summed E-state index contributed by atoms with van der Waals surface area (Å²) < 4.78 is 12.1. The van der Waals surface area contributed by atoms with Gasteiger partial charge in [0.15, 0.2) is 0 Å². The molecule has 0 saturated carbocycles. The van der Waals surface area contributed by atoms with Crippen LogP contribution in [0, 0.1) is 0 Å². The third-order valence-electron chi connectivity index (χ3n) is 1.82. The molecule has 1 aromatic carbocycles. The molecule has 0 aliphatic rings. The van der Waals surface area contributed by atoms with E-state index in [1.165, 1.54) is 0 Å². The van der Waals surface area contributed by atoms with Gasteiger partial charge in [0.1, 0.15) is 6.67 Å². The van der Waals surface area contributed by atoms with E-state index in [0.29, 0.717) is 12.1 Å². The minimum Gasteiger partial charge on any atom is -0.385 e. The molecule has 0 fully saturated rings. The molecule has 1 aromatic rings. The van der Waals surface area contributed by atoms with Crippen molar-refractivity contribution in [2.45, 2.75) is 13.1 Å². The first-order valence-corrected chi connectivity index (χ1v) is 4.45. The number of anilines is 1. The van der Waals surface area contributed by atoms with Crippen LogP contribution in [-0.4, -0.2) is 13.1 Å². The molecule has 0 atom stereocenters. The molecule has 0 aliphatic carbocycles. The fraction of sp³-hybridized carbons (Fsp3) is 0.400. The summed E-state index contributed by atoms with van der Waals surface area (Å²) in [7, 11) is 0. The molecule has 0 amide bonds. The van der Waals surface area contributed by atoms with E-state index in [4.69, 9.17) is 5.73 Å². The number of hydrogen-bond donors (Lipinski definition) is 2. The maximum Gasteiger partial charge on any atom is 0.115 e. The minimum absolute atomic E-state index is 0.400. The summed E-state index contributed by atoms with van der Waals surface area (Å²) in [6.45, 7) is 1.16. The average Bonchev–Trinajstić information content (AvgIpc) is 2.19. The SMILES string of the molecule is NCCCNc1ccc(CF)cc1. The zero-order valence-corrected chi connectivity index (χ0v) is 7.59. The van der Waals surface area contributed by atoms with Crippen LogP contribution in [0.2, 0.25) is 0 Å². The molecular weight excluding hydrogens is 167 g/mol. The maximum atomic E-state index is 12.1. The second-order valence-electron chi connectivity index (χ2n) is 2.90. The standard InChI is InChI=1S/C10H15FN2/c11-8-9-2-4-10(5-3-9)13-7-1-6-12/h2-5,13H,1,6-8,12H2. The van der Waals surface area contributed by atoms with Crippen LogP contribution in [0.1, 0.15) is 12.0 Å². The van der Waals surface area contributed by atoms with E-state index in [9.17, 15) is 4.39 Å². The van der Waals surface area contributed by atoms with Gasteiger partial charge in [0.2, 0.25) is 0 Å². The minimum atomic E-state index is -0.400. The molecule has 3 N–H and O–H groups in total. The molecule has 0 aliphatic heterocycles. The molecule has 1 rings (SSSR count). The second kappa shape index (κ2) is 5.54. The van der Waals surface area contributed by atoms with E-state index in [1.807, 2.05) is 12.1 Å². The summed E-state index contributed by atoms with van der Waals surface area (Å²) >= 11 is 0. The normalized spacial score (nSPS) is 10.0. The Labute approximate surface area is 77.9 Å². The van der Waals surface area contributed by atoms with Crippen LogP contribution in [0.25, 0.3) is 0 Å². The van der Waals surface area contributed by atoms with Crippen LogP contribution in [0.15, 0.2) is 24.3 Å². The summed E-state index contributed by atoms with van der Waals surface area (Å²) in [6, 6.07) is 7.33. The lowest BCUT2D eigenvalue weighted by Crippen LogP contribution is -2.08. The fourth-order valence-electron chi connectivity index (χ4n) is 1.05. The van der Waals surface area contributed by atoms with Crippen molar-refractivity contribution >= 4 is 5.69 Å². The van der Waals surface area contributed by atoms with Crippen LogP contribution in [0.3, 0.4) is 0 Å². The predicted octanol–water partition coefficient (Wildman–Crippen LogP) is 1.92. The Morgan fingerprint density at radius 3 is 2.46 bits per heavy atom. The fourth-order valence-corrected chi connectivity index (χ4v) is 1.05. The zero-order valence-electron chi connectivity index (χ0n) is 7.59. The monoisotopic (exact) mass is 182 g/mol. The molecule has 0 bridgehead atoms. The topological polar surface area (TPSA) is 38.0 Å². The van der Waals surface area contributed by atoms with Gasteiger partial charge in [0.25, 0.3) is 0 Å². The van der Waals surface area contributed by atoms with Gasteiger partial charge in [-0.15, -0.1) is 0 Å². The molecule has 13 heavy (non-hydrogen) atoms. The Hall–Kier alpha value is -1.09. The van der Waals surface area contributed by atoms with Crippen molar-refractivity contribution in [2.24, 2.45) is 5.73 Å². The molecule has 0 spiro atoms. The quantitative estimate of drug-likeness (QED) is 0.683. The van der Waals surface area contributed by atoms with Crippen LogP contribution < -0.4 is 11.1 Å². The van der Waals surface area contributed by atoms with Crippen LogP contribution in [-0.2, 0) is 6.67 Å². The third kappa shape index (κ3) is 3.42. The summed E-state index contributed by atoms with van der Waals surface area (Å²) in [5, 5.41) is 3.19. The van der Waals surface area contributed by atoms with Gasteiger partial charge in [-0.25, -0.2) is 4.39 Å². The first-order chi connectivity index (χ1) is 6.36. The Kier molecular flexibility index (Phi) is 4.26. The van der Waals surface area contributed by atoms with Gasteiger partial charge in [0, 0.05) is 12.2 Å². The van der Waals surface area contributed by atoms with Gasteiger partial charge >= 0.3 is 0 Å². The van der Waals surface area contributed by atoms with Crippen molar-refractivity contribution in [1.29, 1.82) is 0 Å². The molecular formula is C10H15FN2. The number of halogens is 1. The van der Waals surface area contributed by atoms with Crippen LogP contribution in [0.4, 0.5) is 10.1 Å². The van der Waals surface area contributed by atoms with Crippen molar-refractivity contribution in [2.75, 3.05) is 18.4 Å². The molecule has 0 radical (unpaired) electrons. The number of nitrogens with one attached hydrogen (secondary N) is 1. The van der Waals surface area contributed by atoms with E-state index in [-0.39, 0.29) is 0 Å². The van der Waals surface area contributed by atoms with E-state index >= 15 is 0 Å². The molecule has 3 heteroatoms. The zero-order chi connectivity index (χ0) is 9.52. The van der Waals surface area contributed by atoms with Crippen molar-refractivity contribution < 1.29 is 4.39 Å². The van der Waals surface area contributed by atoms with Gasteiger partial charge in [-0.3, -0.25) is 0 Å². The molecule has 0 aromatic heterocycles. The summed E-state index contributed by atoms with van der Waals surface area (Å²) in [5.74, 6) is 0. The second-order valence-corrected chi connectivity index (χ2v) is 2.90. The van der Waals surface area contributed by atoms with Crippen molar-refractivity contribution in [3.05, 3.63) is 29.8 Å². The van der Waals surface area contributed by atoms with E-state index in [2.05, 4.69) is 5.32 Å². The Morgan fingerprint density at radius 1 is 1.23 bits per heavy atom. The van der Waals surface area contributed by atoms with Gasteiger partial charge in [0.05, 0.1) is 0 Å². The summed E-state index contributed by atoms with van der Waals surface area (Å²) in [6.07, 6.45) is 0.949. The molecule has 0 unspecified atom stereocenters. The highest BCUT2D eigenvalue weighted by molar-refractivity contribution is 5.44. The van der Waals surface area contributed by atoms with Crippen LogP contribution >= 0.6 is 0 Å². The maximum absolute atomic E-state index is 12.1. The van der Waals surface area contributed by atoms with Crippen molar-refractivity contribution in [3.8, 4) is 0 Å². The van der Waals surface area contributed by atoms with Crippen molar-refractivity contribution in [3.63, 3.8) is 0 Å². The Bertz CT molecular complexity index is 233. The van der Waals surface area contributed by atoms with E-state index < -0.39 is 6.67 Å². The lowest BCUT2D eigenvalue weighted by molar-refractivity contribution is 0.485. The summed E-state index contributed by atoms with van der Waals surface area (Å²) in [4.78, 5) is 0. The first-order valence-electron chi connectivity index (χ1n) is 4.45. The summed E-state index contributed by atoms with van der Waals surface area (Å²) in [5.41, 5.74) is 7.08. The van der Waals surface area contributed by atoms with E-state index in [0.717, 1.165) is 18.7 Å². The average molecular weight is 182 g/mol. The largest absolute Gasteiger partial charge is 0.385 e. The smallest absolute Gasteiger partial charge is 0.115 e. The molecule has 2 nitrogen and oxygen atoms in total. The molecule has 72 valence electrons. The highest BCUT2D eigenvalue weighted by Gasteiger charge is 1.92. The number of alkyl halides is 1. The van der Waals surface area contributed by atoms with Gasteiger partial charge in [-0.1, -0.05) is 12.1 Å². The highest BCUT2D eigenvalue weighted by Crippen LogP contribution is 2.09. The van der Waals surface area contributed by atoms with Gasteiger partial charge in [-0.2, -0.15) is 0 Å². The Morgan fingerprint density at radius 2 is 1.92 bits per heavy atom. The Balaban J connectivity index is 2.40. The third-order valence-corrected chi connectivity index (χ3v) is 1.82. The van der Waals surface area contributed by atoms with Crippen LogP contribution in [0.5, 0.6) is 0 Å². The lowest BCUT2D eigenvalue weighted by atomic mass is 10.2. The van der Waals surface area contributed by atoms with E-state index in [1.54, 1.807) is 12.1 Å². The van der Waals surface area contributed by atoms with Crippen molar-refractivity contribution in [1.82, 2.24) is 0 Å².